The normalized spacial score (nSPS) is 11.3. The highest BCUT2D eigenvalue weighted by Gasteiger charge is 2.18. The van der Waals surface area contributed by atoms with E-state index in [9.17, 15) is 13.2 Å². The lowest BCUT2D eigenvalue weighted by Crippen LogP contribution is -2.29. The zero-order valence-electron chi connectivity index (χ0n) is 19.5. The van der Waals surface area contributed by atoms with Gasteiger partial charge in [0.2, 0.25) is 10.0 Å². The van der Waals surface area contributed by atoms with E-state index >= 15 is 0 Å². The summed E-state index contributed by atoms with van der Waals surface area (Å²) in [4.78, 5) is 12.5. The van der Waals surface area contributed by atoms with Crippen LogP contribution in [0.1, 0.15) is 32.6 Å². The predicted octanol–water partition coefficient (Wildman–Crippen LogP) is 5.59. The van der Waals surface area contributed by atoms with Crippen LogP contribution in [0.25, 0.3) is 0 Å². The second-order valence-corrected chi connectivity index (χ2v) is 11.6. The number of carbonyl (C=O) groups excluding carboxylic acids is 1. The molecule has 0 saturated carbocycles. The van der Waals surface area contributed by atoms with E-state index in [-0.39, 0.29) is 12.5 Å². The lowest BCUT2D eigenvalue weighted by atomic mass is 10.1. The van der Waals surface area contributed by atoms with Gasteiger partial charge in [-0.25, -0.2) is 8.42 Å². The molecule has 0 aliphatic heterocycles. The van der Waals surface area contributed by atoms with Gasteiger partial charge in [-0.3, -0.25) is 9.10 Å². The Kier molecular flexibility index (Phi) is 9.05. The van der Waals surface area contributed by atoms with Crippen LogP contribution in [-0.2, 0) is 22.3 Å². The van der Waals surface area contributed by atoms with Crippen LogP contribution in [0.3, 0.4) is 0 Å². The average Bonchev–Trinajstić information content (AvgIpc) is 2.80. The first-order chi connectivity index (χ1) is 16.1. The van der Waals surface area contributed by atoms with E-state index in [4.69, 9.17) is 11.6 Å². The minimum atomic E-state index is -3.47. The van der Waals surface area contributed by atoms with Crippen LogP contribution in [-0.4, -0.2) is 32.9 Å². The number of rotatable bonds is 10. The van der Waals surface area contributed by atoms with Gasteiger partial charge in [0, 0.05) is 28.6 Å². The largest absolute Gasteiger partial charge is 0.351 e. The van der Waals surface area contributed by atoms with Crippen LogP contribution in [0.15, 0.2) is 66.7 Å². The van der Waals surface area contributed by atoms with E-state index in [0.29, 0.717) is 17.8 Å². The minimum Gasteiger partial charge on any atom is -0.351 e. The van der Waals surface area contributed by atoms with Crippen LogP contribution in [0, 0.1) is 13.8 Å². The molecule has 0 aromatic heterocycles. The number of amides is 1. The third kappa shape index (κ3) is 7.52. The molecule has 0 saturated heterocycles. The second-order valence-electron chi connectivity index (χ2n) is 8.17. The standard InChI is InChI=1S/C26H29ClN2O3S2/c1-19-4-13-25(16-20(19)2)29(34(3,31)32)17-21-5-9-23(10-6-21)26(30)28-14-15-33-18-22-7-11-24(27)12-8-22/h4-13,16H,14-15,17-18H2,1-3H3,(H,28,30). The smallest absolute Gasteiger partial charge is 0.251 e. The number of nitrogens with zero attached hydrogens (tertiary/aromatic N) is 1. The second kappa shape index (κ2) is 11.8. The SMILES string of the molecule is Cc1ccc(N(Cc2ccc(C(=O)NCCSCc3ccc(Cl)cc3)cc2)S(C)(=O)=O)cc1C. The molecule has 0 atom stereocenters. The molecule has 0 aliphatic rings. The van der Waals surface area contributed by atoms with Gasteiger partial charge in [0.25, 0.3) is 5.91 Å². The summed E-state index contributed by atoms with van der Waals surface area (Å²) < 4.78 is 26.3. The highest BCUT2D eigenvalue weighted by molar-refractivity contribution is 7.98. The number of thioether (sulfide) groups is 1. The van der Waals surface area contributed by atoms with Crippen molar-refractivity contribution in [2.45, 2.75) is 26.1 Å². The lowest BCUT2D eigenvalue weighted by molar-refractivity contribution is 0.0956. The summed E-state index contributed by atoms with van der Waals surface area (Å²) in [5.41, 5.74) is 5.31. The maximum Gasteiger partial charge on any atom is 0.251 e. The molecule has 8 heteroatoms. The molecule has 1 N–H and O–H groups in total. The number of benzene rings is 3. The first kappa shape index (κ1) is 26.1. The summed E-state index contributed by atoms with van der Waals surface area (Å²) >= 11 is 7.64. The van der Waals surface area contributed by atoms with Crippen LogP contribution in [0.4, 0.5) is 5.69 Å². The van der Waals surface area contributed by atoms with Crippen molar-refractivity contribution in [1.82, 2.24) is 5.32 Å². The van der Waals surface area contributed by atoms with Crippen LogP contribution in [0.5, 0.6) is 0 Å². The highest BCUT2D eigenvalue weighted by atomic mass is 35.5. The van der Waals surface area contributed by atoms with Gasteiger partial charge in [-0.2, -0.15) is 11.8 Å². The predicted molar refractivity (Wildman–Crippen MR) is 143 cm³/mol. The zero-order chi connectivity index (χ0) is 24.7. The number of carbonyl (C=O) groups is 1. The summed E-state index contributed by atoms with van der Waals surface area (Å²) in [5.74, 6) is 1.51. The molecule has 0 heterocycles. The maximum atomic E-state index is 12.5. The van der Waals surface area contributed by atoms with Gasteiger partial charge in [-0.05, 0) is 72.5 Å². The number of sulfonamides is 1. The molecule has 0 fully saturated rings. The van der Waals surface area contributed by atoms with E-state index < -0.39 is 10.0 Å². The molecule has 180 valence electrons. The Bertz CT molecular complexity index is 1230. The Morgan fingerprint density at radius 3 is 2.21 bits per heavy atom. The molecule has 5 nitrogen and oxygen atoms in total. The van der Waals surface area contributed by atoms with Gasteiger partial charge in [0.05, 0.1) is 18.5 Å². The van der Waals surface area contributed by atoms with Crippen LogP contribution in [0.2, 0.25) is 5.02 Å². The first-order valence-corrected chi connectivity index (χ1v) is 14.3. The lowest BCUT2D eigenvalue weighted by Gasteiger charge is -2.23. The molecular formula is C26H29ClN2O3S2. The Morgan fingerprint density at radius 2 is 1.59 bits per heavy atom. The van der Waals surface area contributed by atoms with Crippen molar-refractivity contribution in [2.24, 2.45) is 0 Å². The summed E-state index contributed by atoms with van der Waals surface area (Å²) in [6, 6.07) is 20.4. The number of anilines is 1. The van der Waals surface area contributed by atoms with Crippen LogP contribution >= 0.6 is 23.4 Å². The molecule has 0 radical (unpaired) electrons. The van der Waals surface area contributed by atoms with Gasteiger partial charge >= 0.3 is 0 Å². The maximum absolute atomic E-state index is 12.5. The molecule has 0 spiro atoms. The molecule has 3 aromatic rings. The first-order valence-electron chi connectivity index (χ1n) is 10.9. The number of aryl methyl sites for hydroxylation is 2. The Morgan fingerprint density at radius 1 is 0.941 bits per heavy atom. The van der Waals surface area contributed by atoms with Crippen molar-refractivity contribution in [2.75, 3.05) is 22.9 Å². The highest BCUT2D eigenvalue weighted by Crippen LogP contribution is 2.23. The minimum absolute atomic E-state index is 0.146. The molecule has 0 unspecified atom stereocenters. The zero-order valence-corrected chi connectivity index (χ0v) is 21.9. The fraction of sp³-hybridized carbons (Fsp3) is 0.269. The summed E-state index contributed by atoms with van der Waals surface area (Å²) in [7, 11) is -3.47. The van der Waals surface area contributed by atoms with E-state index in [2.05, 4.69) is 5.32 Å². The van der Waals surface area contributed by atoms with E-state index in [0.717, 1.165) is 33.2 Å². The van der Waals surface area contributed by atoms with Crippen LogP contribution < -0.4 is 9.62 Å². The van der Waals surface area contributed by atoms with Crippen molar-refractivity contribution in [3.05, 3.63) is 99.6 Å². The monoisotopic (exact) mass is 516 g/mol. The Balaban J connectivity index is 1.54. The van der Waals surface area contributed by atoms with E-state index in [1.807, 2.05) is 56.3 Å². The topological polar surface area (TPSA) is 66.5 Å². The molecular weight excluding hydrogens is 488 g/mol. The summed E-state index contributed by atoms with van der Waals surface area (Å²) in [5, 5.41) is 3.65. The molecule has 0 bridgehead atoms. The Labute approximate surface area is 211 Å². The third-order valence-corrected chi connectivity index (χ3v) is 7.86. The summed E-state index contributed by atoms with van der Waals surface area (Å²) in [6.45, 7) is 4.72. The average molecular weight is 517 g/mol. The fourth-order valence-electron chi connectivity index (χ4n) is 3.32. The molecule has 1 amide bonds. The van der Waals surface area contributed by atoms with Gasteiger partial charge in [-0.15, -0.1) is 0 Å². The number of halogens is 1. The number of hydrogen-bond donors (Lipinski definition) is 1. The fourth-order valence-corrected chi connectivity index (χ4v) is 5.14. The molecule has 34 heavy (non-hydrogen) atoms. The van der Waals surface area contributed by atoms with E-state index in [1.165, 1.54) is 16.1 Å². The number of hydrogen-bond acceptors (Lipinski definition) is 4. The van der Waals surface area contributed by atoms with Crippen molar-refractivity contribution in [1.29, 1.82) is 0 Å². The van der Waals surface area contributed by atoms with Crippen molar-refractivity contribution < 1.29 is 13.2 Å². The van der Waals surface area contributed by atoms with Crippen molar-refractivity contribution in [3.63, 3.8) is 0 Å². The Hall–Kier alpha value is -2.48. The van der Waals surface area contributed by atoms with Gasteiger partial charge in [0.15, 0.2) is 0 Å². The molecule has 3 aromatic carbocycles. The van der Waals surface area contributed by atoms with Gasteiger partial charge in [-0.1, -0.05) is 41.9 Å². The van der Waals surface area contributed by atoms with Crippen molar-refractivity contribution in [3.8, 4) is 0 Å². The molecule has 3 rings (SSSR count). The van der Waals surface area contributed by atoms with E-state index in [1.54, 1.807) is 36.0 Å². The third-order valence-electron chi connectivity index (χ3n) is 5.44. The summed E-state index contributed by atoms with van der Waals surface area (Å²) in [6.07, 6.45) is 1.20. The molecule has 0 aliphatic carbocycles. The number of nitrogens with one attached hydrogen (secondary N) is 1. The van der Waals surface area contributed by atoms with Gasteiger partial charge < -0.3 is 5.32 Å². The quantitative estimate of drug-likeness (QED) is 0.357. The van der Waals surface area contributed by atoms with Crippen molar-refractivity contribution >= 4 is 45.0 Å². The van der Waals surface area contributed by atoms with Gasteiger partial charge in [0.1, 0.15) is 0 Å².